The largest absolute Gasteiger partial charge is 0.462 e. The Morgan fingerprint density at radius 2 is 1.77 bits per heavy atom. The van der Waals surface area contributed by atoms with Gasteiger partial charge in [-0.3, -0.25) is 9.59 Å². The minimum absolute atomic E-state index is 0.117. The number of H-pyrrole nitrogens is 1. The van der Waals surface area contributed by atoms with Crippen molar-refractivity contribution < 1.29 is 19.1 Å². The first-order valence-corrected chi connectivity index (χ1v) is 7.12. The Morgan fingerprint density at radius 3 is 2.36 bits per heavy atom. The van der Waals surface area contributed by atoms with E-state index in [-0.39, 0.29) is 12.7 Å². The lowest BCUT2D eigenvalue weighted by Crippen LogP contribution is -2.28. The molecule has 1 aromatic carbocycles. The van der Waals surface area contributed by atoms with E-state index in [2.05, 4.69) is 4.98 Å². The van der Waals surface area contributed by atoms with E-state index in [1.165, 1.54) is 0 Å². The molecule has 0 radical (unpaired) electrons. The van der Waals surface area contributed by atoms with Gasteiger partial charge in [-0.05, 0) is 31.5 Å². The van der Waals surface area contributed by atoms with Crippen LogP contribution in [-0.4, -0.2) is 23.0 Å². The van der Waals surface area contributed by atoms with Crippen LogP contribution in [0.2, 0.25) is 0 Å². The van der Waals surface area contributed by atoms with Crippen molar-refractivity contribution in [2.45, 2.75) is 32.5 Å². The third kappa shape index (κ3) is 4.22. The zero-order chi connectivity index (χ0) is 15.9. The maximum absolute atomic E-state index is 12.3. The molecule has 1 heterocycles. The number of esters is 2. The Bertz CT molecular complexity index is 605. The van der Waals surface area contributed by atoms with Crippen LogP contribution in [0.4, 0.5) is 0 Å². The van der Waals surface area contributed by atoms with E-state index in [1.807, 2.05) is 30.3 Å². The van der Waals surface area contributed by atoms with Crippen molar-refractivity contribution in [1.82, 2.24) is 4.98 Å². The number of carbonyl (C=O) groups excluding carboxylic acids is 2. The number of aromatic amines is 1. The zero-order valence-electron chi connectivity index (χ0n) is 12.6. The van der Waals surface area contributed by atoms with E-state index in [9.17, 15) is 9.59 Å². The Labute approximate surface area is 129 Å². The summed E-state index contributed by atoms with van der Waals surface area (Å²) in [6.45, 7) is 3.59. The molecule has 116 valence electrons. The molecule has 1 aromatic heterocycles. The maximum atomic E-state index is 12.3. The quantitative estimate of drug-likeness (QED) is 0.658. The summed E-state index contributed by atoms with van der Waals surface area (Å²) in [6, 6.07) is 12.7. The van der Waals surface area contributed by atoms with Gasteiger partial charge >= 0.3 is 11.9 Å². The molecular weight excluding hydrogens is 282 g/mol. The Hall–Kier alpha value is -2.56. The molecule has 0 fully saturated rings. The van der Waals surface area contributed by atoms with Crippen molar-refractivity contribution in [3.8, 4) is 0 Å². The standard InChI is InChI=1S/C17H19NO4/c1-12(2)22-17(20)15(14-9-6-10-18-14)16(19)21-11-13-7-4-3-5-8-13/h3-10,12,15,18H,11H2,1-2H3. The first-order valence-electron chi connectivity index (χ1n) is 7.12. The van der Waals surface area contributed by atoms with Crippen molar-refractivity contribution in [2.75, 3.05) is 0 Å². The normalized spacial score (nSPS) is 12.0. The monoisotopic (exact) mass is 301 g/mol. The fourth-order valence-corrected chi connectivity index (χ4v) is 1.99. The SMILES string of the molecule is CC(C)OC(=O)C(C(=O)OCc1ccccc1)c1ccc[nH]1. The Morgan fingerprint density at radius 1 is 1.05 bits per heavy atom. The molecule has 1 atom stereocenters. The van der Waals surface area contributed by atoms with Gasteiger partial charge in [-0.2, -0.15) is 0 Å². The minimum Gasteiger partial charge on any atom is -0.462 e. The second kappa shape index (κ2) is 7.45. The van der Waals surface area contributed by atoms with E-state index >= 15 is 0 Å². The fourth-order valence-electron chi connectivity index (χ4n) is 1.99. The van der Waals surface area contributed by atoms with Gasteiger partial charge in [0, 0.05) is 11.9 Å². The van der Waals surface area contributed by atoms with Gasteiger partial charge in [0.1, 0.15) is 6.61 Å². The second-order valence-electron chi connectivity index (χ2n) is 5.14. The molecule has 0 bridgehead atoms. The van der Waals surface area contributed by atoms with Crippen LogP contribution in [0.1, 0.15) is 31.0 Å². The Balaban J connectivity index is 2.08. The van der Waals surface area contributed by atoms with Crippen LogP contribution < -0.4 is 0 Å². The topological polar surface area (TPSA) is 68.4 Å². The Kier molecular flexibility index (Phi) is 5.36. The van der Waals surface area contributed by atoms with Gasteiger partial charge in [0.15, 0.2) is 5.92 Å². The molecule has 1 N–H and O–H groups in total. The first-order chi connectivity index (χ1) is 10.6. The molecule has 0 aliphatic carbocycles. The molecule has 0 saturated heterocycles. The number of hydrogen-bond donors (Lipinski definition) is 1. The number of aromatic nitrogens is 1. The number of ether oxygens (including phenoxy) is 2. The molecule has 2 rings (SSSR count). The number of rotatable bonds is 6. The molecule has 2 aromatic rings. The van der Waals surface area contributed by atoms with Crippen LogP contribution in [0.5, 0.6) is 0 Å². The summed E-state index contributed by atoms with van der Waals surface area (Å²) in [4.78, 5) is 27.3. The lowest BCUT2D eigenvalue weighted by atomic mass is 10.1. The summed E-state index contributed by atoms with van der Waals surface area (Å²) in [5.41, 5.74) is 1.32. The van der Waals surface area contributed by atoms with Gasteiger partial charge in [-0.15, -0.1) is 0 Å². The van der Waals surface area contributed by atoms with Crippen LogP contribution in [0.15, 0.2) is 48.7 Å². The highest BCUT2D eigenvalue weighted by Crippen LogP contribution is 2.19. The molecule has 0 spiro atoms. The minimum atomic E-state index is -1.10. The van der Waals surface area contributed by atoms with Crippen molar-refractivity contribution >= 4 is 11.9 Å². The van der Waals surface area contributed by atoms with Crippen molar-refractivity contribution in [2.24, 2.45) is 0 Å². The predicted octanol–water partition coefficient (Wildman–Crippen LogP) is 2.79. The van der Waals surface area contributed by atoms with Gasteiger partial charge in [-0.25, -0.2) is 0 Å². The zero-order valence-corrected chi connectivity index (χ0v) is 12.6. The number of hydrogen-bond acceptors (Lipinski definition) is 4. The first kappa shape index (κ1) is 15.8. The van der Waals surface area contributed by atoms with E-state index < -0.39 is 17.9 Å². The summed E-state index contributed by atoms with van der Waals surface area (Å²) in [6.07, 6.45) is 1.35. The average Bonchev–Trinajstić information content (AvgIpc) is 2.99. The number of nitrogens with one attached hydrogen (secondary N) is 1. The van der Waals surface area contributed by atoms with Gasteiger partial charge in [0.25, 0.3) is 0 Å². The van der Waals surface area contributed by atoms with Crippen LogP contribution in [0, 0.1) is 0 Å². The van der Waals surface area contributed by atoms with Crippen LogP contribution in [-0.2, 0) is 25.7 Å². The summed E-state index contributed by atoms with van der Waals surface area (Å²) >= 11 is 0. The number of carbonyl (C=O) groups is 2. The lowest BCUT2D eigenvalue weighted by Gasteiger charge is -2.16. The van der Waals surface area contributed by atoms with Gasteiger partial charge in [-0.1, -0.05) is 30.3 Å². The van der Waals surface area contributed by atoms with Crippen molar-refractivity contribution in [3.63, 3.8) is 0 Å². The molecule has 0 aliphatic rings. The molecule has 5 heteroatoms. The average molecular weight is 301 g/mol. The highest BCUT2D eigenvalue weighted by atomic mass is 16.6. The maximum Gasteiger partial charge on any atom is 0.326 e. The van der Waals surface area contributed by atoms with E-state index in [1.54, 1.807) is 32.2 Å². The molecule has 0 aliphatic heterocycles. The highest BCUT2D eigenvalue weighted by Gasteiger charge is 2.33. The lowest BCUT2D eigenvalue weighted by molar-refractivity contribution is -0.160. The summed E-state index contributed by atoms with van der Waals surface area (Å²) in [5.74, 6) is -2.34. The van der Waals surface area contributed by atoms with Crippen LogP contribution in [0.3, 0.4) is 0 Å². The van der Waals surface area contributed by atoms with E-state index in [4.69, 9.17) is 9.47 Å². The molecule has 5 nitrogen and oxygen atoms in total. The van der Waals surface area contributed by atoms with Crippen molar-refractivity contribution in [1.29, 1.82) is 0 Å². The van der Waals surface area contributed by atoms with Gasteiger partial charge in [0.05, 0.1) is 6.10 Å². The molecule has 0 saturated carbocycles. The van der Waals surface area contributed by atoms with E-state index in [0.29, 0.717) is 5.69 Å². The molecule has 1 unspecified atom stereocenters. The summed E-state index contributed by atoms with van der Waals surface area (Å²) < 4.78 is 10.4. The van der Waals surface area contributed by atoms with Crippen LogP contribution >= 0.6 is 0 Å². The molecule has 22 heavy (non-hydrogen) atoms. The third-order valence-electron chi connectivity index (χ3n) is 2.98. The molecule has 0 amide bonds. The summed E-state index contributed by atoms with van der Waals surface area (Å²) in [7, 11) is 0. The predicted molar refractivity (Wildman–Crippen MR) is 81.0 cm³/mol. The fraction of sp³-hybridized carbons (Fsp3) is 0.294. The molecular formula is C17H19NO4. The summed E-state index contributed by atoms with van der Waals surface area (Å²) in [5, 5.41) is 0. The third-order valence-corrected chi connectivity index (χ3v) is 2.98. The smallest absolute Gasteiger partial charge is 0.326 e. The second-order valence-corrected chi connectivity index (χ2v) is 5.14. The van der Waals surface area contributed by atoms with Crippen LogP contribution in [0.25, 0.3) is 0 Å². The van der Waals surface area contributed by atoms with Gasteiger partial charge < -0.3 is 14.5 Å². The number of benzene rings is 1. The van der Waals surface area contributed by atoms with Crippen molar-refractivity contribution in [3.05, 3.63) is 59.9 Å². The van der Waals surface area contributed by atoms with Gasteiger partial charge in [0.2, 0.25) is 0 Å². The van der Waals surface area contributed by atoms with E-state index in [0.717, 1.165) is 5.56 Å². The highest BCUT2D eigenvalue weighted by molar-refractivity contribution is 6.00.